The molecule has 4 nitrogen and oxygen atoms in total. The molecule has 0 bridgehead atoms. The van der Waals surface area contributed by atoms with Gasteiger partial charge < -0.3 is 4.57 Å². The average Bonchev–Trinajstić information content (AvgIpc) is 3.30. The summed E-state index contributed by atoms with van der Waals surface area (Å²) in [4.78, 5) is 32.5. The van der Waals surface area contributed by atoms with Gasteiger partial charge in [0, 0.05) is 26.2 Å². The third-order valence-electron chi connectivity index (χ3n) is 5.72. The smallest absolute Gasteiger partial charge is 0.279 e. The van der Waals surface area contributed by atoms with Gasteiger partial charge in [-0.05, 0) is 61.9 Å². The number of aromatic nitrogens is 1. The Hall–Kier alpha value is -2.31. The lowest BCUT2D eigenvalue weighted by molar-refractivity contribution is 0.0900. The lowest BCUT2D eigenvalue weighted by atomic mass is 9.87. The number of Topliss-reactive ketones (excluding diaryl/α,β-unsaturated/α-hetero) is 1. The van der Waals surface area contributed by atoms with Gasteiger partial charge in [0.05, 0.1) is 6.04 Å². The molecule has 6 heteroatoms. The highest BCUT2D eigenvalue weighted by atomic mass is 79.9. The van der Waals surface area contributed by atoms with E-state index in [2.05, 4.69) is 25.5 Å². The number of ketones is 1. The van der Waals surface area contributed by atoms with Crippen LogP contribution in [0.3, 0.4) is 0 Å². The van der Waals surface area contributed by atoms with Crippen LogP contribution in [-0.2, 0) is 19.3 Å². The number of aryl methyl sites for hydroxylation is 2. The third-order valence-corrected chi connectivity index (χ3v) is 7.41. The molecule has 0 N–H and O–H groups in total. The standard InChI is InChI=1S/C23H19BrN2O2S/c24-16-11-8-15(9-12-16)22(28)25-23-26(18-6-3-7-20(18)29-23)19-13-10-14-4-1-2-5-17(14)21(19)27/h1-2,4-5,8-9,11-12,19H,3,6-7,10,13H2/t19-/m1/s1. The molecule has 1 aromatic heterocycles. The summed E-state index contributed by atoms with van der Waals surface area (Å²) in [5.41, 5.74) is 3.66. The van der Waals surface area contributed by atoms with E-state index in [1.54, 1.807) is 23.5 Å². The molecule has 2 aliphatic rings. The first-order valence-corrected chi connectivity index (χ1v) is 11.4. The molecule has 1 amide bonds. The Kier molecular flexibility index (Phi) is 4.84. The molecule has 2 aromatic carbocycles. The second kappa shape index (κ2) is 7.50. The summed E-state index contributed by atoms with van der Waals surface area (Å²) in [5, 5.41) is 0. The molecule has 0 saturated heterocycles. The maximum absolute atomic E-state index is 13.3. The van der Waals surface area contributed by atoms with Crippen molar-refractivity contribution in [2.45, 2.75) is 38.1 Å². The Morgan fingerprint density at radius 3 is 2.69 bits per heavy atom. The van der Waals surface area contributed by atoms with Crippen molar-refractivity contribution < 1.29 is 9.59 Å². The van der Waals surface area contributed by atoms with Crippen molar-refractivity contribution in [3.8, 4) is 0 Å². The fourth-order valence-corrected chi connectivity index (χ4v) is 5.82. The Balaban J connectivity index is 1.60. The number of benzene rings is 2. The maximum atomic E-state index is 13.3. The molecule has 1 atom stereocenters. The summed E-state index contributed by atoms with van der Waals surface area (Å²) in [6, 6.07) is 14.8. The first-order valence-electron chi connectivity index (χ1n) is 9.81. The van der Waals surface area contributed by atoms with Crippen LogP contribution in [0.4, 0.5) is 0 Å². The van der Waals surface area contributed by atoms with Gasteiger partial charge in [-0.2, -0.15) is 4.99 Å². The molecular formula is C23H19BrN2O2S. The van der Waals surface area contributed by atoms with Crippen LogP contribution in [0, 0.1) is 0 Å². The minimum atomic E-state index is -0.278. The molecule has 3 aromatic rings. The molecule has 0 saturated carbocycles. The summed E-state index contributed by atoms with van der Waals surface area (Å²) in [6.07, 6.45) is 4.65. The van der Waals surface area contributed by atoms with E-state index in [9.17, 15) is 9.59 Å². The predicted octanol–water partition coefficient (Wildman–Crippen LogP) is 4.91. The molecule has 146 valence electrons. The van der Waals surface area contributed by atoms with Gasteiger partial charge in [-0.1, -0.05) is 40.2 Å². The van der Waals surface area contributed by atoms with Crippen molar-refractivity contribution in [1.29, 1.82) is 0 Å². The molecule has 0 fully saturated rings. The third kappa shape index (κ3) is 3.34. The Bertz CT molecular complexity index is 1190. The number of hydrogen-bond acceptors (Lipinski definition) is 3. The summed E-state index contributed by atoms with van der Waals surface area (Å²) >= 11 is 4.96. The number of hydrogen-bond donors (Lipinski definition) is 0. The van der Waals surface area contributed by atoms with Crippen LogP contribution in [0.15, 0.2) is 58.0 Å². The summed E-state index contributed by atoms with van der Waals surface area (Å²) in [5.74, 6) is -0.133. The van der Waals surface area contributed by atoms with E-state index >= 15 is 0 Å². The zero-order valence-electron chi connectivity index (χ0n) is 15.7. The molecule has 0 unspecified atom stereocenters. The highest BCUT2D eigenvalue weighted by Crippen LogP contribution is 2.33. The van der Waals surface area contributed by atoms with E-state index in [-0.39, 0.29) is 17.7 Å². The zero-order valence-corrected chi connectivity index (χ0v) is 18.1. The molecule has 5 rings (SSSR count). The molecule has 0 radical (unpaired) electrons. The average molecular weight is 467 g/mol. The Morgan fingerprint density at radius 2 is 1.86 bits per heavy atom. The van der Waals surface area contributed by atoms with Gasteiger partial charge in [0.1, 0.15) is 0 Å². The van der Waals surface area contributed by atoms with Gasteiger partial charge in [-0.25, -0.2) is 0 Å². The topological polar surface area (TPSA) is 51.4 Å². The molecule has 0 spiro atoms. The quantitative estimate of drug-likeness (QED) is 0.538. The second-order valence-corrected chi connectivity index (χ2v) is 9.46. The van der Waals surface area contributed by atoms with Crippen LogP contribution in [0.5, 0.6) is 0 Å². The van der Waals surface area contributed by atoms with Gasteiger partial charge in [0.25, 0.3) is 5.91 Å². The highest BCUT2D eigenvalue weighted by Gasteiger charge is 2.32. The second-order valence-electron chi connectivity index (χ2n) is 7.48. The van der Waals surface area contributed by atoms with Crippen molar-refractivity contribution in [2.75, 3.05) is 0 Å². The normalized spacial score (nSPS) is 18.6. The number of fused-ring (bicyclic) bond motifs is 2. The first-order chi connectivity index (χ1) is 14.1. The number of carbonyl (C=O) groups excluding carboxylic acids is 2. The van der Waals surface area contributed by atoms with Gasteiger partial charge in [0.2, 0.25) is 0 Å². The molecule has 1 heterocycles. The largest absolute Gasteiger partial charge is 0.310 e. The Morgan fingerprint density at radius 1 is 1.07 bits per heavy atom. The minimum Gasteiger partial charge on any atom is -0.310 e. The van der Waals surface area contributed by atoms with E-state index in [1.165, 1.54) is 10.6 Å². The molecule has 2 aliphatic carbocycles. The van der Waals surface area contributed by atoms with Crippen molar-refractivity contribution in [3.05, 3.63) is 85.1 Å². The molecule has 0 aliphatic heterocycles. The van der Waals surface area contributed by atoms with Gasteiger partial charge in [-0.3, -0.25) is 9.59 Å². The fourth-order valence-electron chi connectivity index (χ4n) is 4.31. The zero-order chi connectivity index (χ0) is 20.0. The van der Waals surface area contributed by atoms with E-state index in [0.717, 1.165) is 47.7 Å². The lowest BCUT2D eigenvalue weighted by Gasteiger charge is -2.25. The number of nitrogens with zero attached hydrogens (tertiary/aromatic N) is 2. The fraction of sp³-hybridized carbons (Fsp3) is 0.261. The number of amides is 1. The van der Waals surface area contributed by atoms with Crippen molar-refractivity contribution in [3.63, 3.8) is 0 Å². The van der Waals surface area contributed by atoms with E-state index in [0.29, 0.717) is 10.4 Å². The van der Waals surface area contributed by atoms with Crippen molar-refractivity contribution in [1.82, 2.24) is 4.57 Å². The summed E-state index contributed by atoms with van der Waals surface area (Å²) in [7, 11) is 0. The van der Waals surface area contributed by atoms with Gasteiger partial charge in [-0.15, -0.1) is 11.3 Å². The molecule has 29 heavy (non-hydrogen) atoms. The van der Waals surface area contributed by atoms with Crippen molar-refractivity contribution >= 4 is 39.0 Å². The highest BCUT2D eigenvalue weighted by molar-refractivity contribution is 9.10. The van der Waals surface area contributed by atoms with Crippen LogP contribution in [0.2, 0.25) is 0 Å². The molecular weight excluding hydrogens is 448 g/mol. The number of thiazole rings is 1. The van der Waals surface area contributed by atoms with E-state index in [1.807, 2.05) is 36.4 Å². The predicted molar refractivity (Wildman–Crippen MR) is 117 cm³/mol. The van der Waals surface area contributed by atoms with Crippen LogP contribution in [-0.4, -0.2) is 16.3 Å². The van der Waals surface area contributed by atoms with Crippen LogP contribution >= 0.6 is 27.3 Å². The van der Waals surface area contributed by atoms with Crippen LogP contribution in [0.25, 0.3) is 0 Å². The van der Waals surface area contributed by atoms with E-state index in [4.69, 9.17) is 0 Å². The van der Waals surface area contributed by atoms with E-state index < -0.39 is 0 Å². The number of rotatable bonds is 2. The summed E-state index contributed by atoms with van der Waals surface area (Å²) < 4.78 is 2.99. The maximum Gasteiger partial charge on any atom is 0.279 e. The minimum absolute atomic E-state index is 0.136. The van der Waals surface area contributed by atoms with Gasteiger partial charge in [0.15, 0.2) is 10.6 Å². The Labute approximate surface area is 181 Å². The SMILES string of the molecule is O=C(N=c1sc2c(n1[C@@H]1CCc3ccccc3C1=O)CCC2)c1ccc(Br)cc1. The number of halogens is 1. The number of carbonyl (C=O) groups is 2. The van der Waals surface area contributed by atoms with Crippen LogP contribution < -0.4 is 4.80 Å². The van der Waals surface area contributed by atoms with Crippen molar-refractivity contribution in [2.24, 2.45) is 4.99 Å². The van der Waals surface area contributed by atoms with Crippen LogP contribution in [0.1, 0.15) is 55.7 Å². The summed E-state index contributed by atoms with van der Waals surface area (Å²) in [6.45, 7) is 0. The first kappa shape index (κ1) is 18.7. The monoisotopic (exact) mass is 466 g/mol. The lowest BCUT2D eigenvalue weighted by Crippen LogP contribution is -2.33. The van der Waals surface area contributed by atoms with Gasteiger partial charge >= 0.3 is 0 Å².